The second kappa shape index (κ2) is 20.2. The van der Waals surface area contributed by atoms with Gasteiger partial charge in [0.1, 0.15) is 22.7 Å². The zero-order valence-corrected chi connectivity index (χ0v) is 39.7. The third-order valence-electron chi connectivity index (χ3n) is 9.89. The van der Waals surface area contributed by atoms with Gasteiger partial charge in [-0.3, -0.25) is 24.9 Å². The Morgan fingerprint density at radius 1 is 0.778 bits per heavy atom. The van der Waals surface area contributed by atoms with Crippen molar-refractivity contribution in [3.63, 3.8) is 0 Å². The molecule has 3 atom stereocenters. The molecule has 0 bridgehead atoms. The number of aromatic hydroxyl groups is 1. The fourth-order valence-electron chi connectivity index (χ4n) is 6.99. The molecule has 4 aromatic heterocycles. The van der Waals surface area contributed by atoms with Gasteiger partial charge in [-0.2, -0.15) is 22.7 Å². The molecule has 3 unspecified atom stereocenters. The molecule has 0 aliphatic carbocycles. The van der Waals surface area contributed by atoms with Gasteiger partial charge in [-0.25, -0.2) is 9.69 Å². The van der Waals surface area contributed by atoms with Crippen LogP contribution in [0.1, 0.15) is 45.8 Å². The third-order valence-corrected chi connectivity index (χ3v) is 15.1. The number of H-pyrrole nitrogens is 1. The van der Waals surface area contributed by atoms with Gasteiger partial charge in [-0.1, -0.05) is 117 Å². The van der Waals surface area contributed by atoms with Crippen molar-refractivity contribution in [2.24, 2.45) is 0 Å². The number of hydrazine groups is 1. The number of amides is 2. The van der Waals surface area contributed by atoms with Crippen molar-refractivity contribution in [1.29, 1.82) is 0 Å². The average molecular weight is 1020 g/mol. The number of hydrogen-bond acceptors (Lipinski definition) is 11. The second-order valence-corrected chi connectivity index (χ2v) is 19.4. The number of nitrogens with one attached hydrogen (secondary N) is 2. The lowest BCUT2D eigenvalue weighted by atomic mass is 9.97. The van der Waals surface area contributed by atoms with Gasteiger partial charge in [0.15, 0.2) is 5.25 Å². The van der Waals surface area contributed by atoms with Gasteiger partial charge in [-0.15, -0.1) is 11.8 Å². The first-order chi connectivity index (χ1) is 30.0. The Labute approximate surface area is 397 Å². The number of carbonyl (C=O) groups is 2. The summed E-state index contributed by atoms with van der Waals surface area (Å²) in [5.41, 5.74) is 8.89. The maximum absolute atomic E-state index is 13.2. The van der Waals surface area contributed by atoms with E-state index in [9.17, 15) is 19.5 Å². The van der Waals surface area contributed by atoms with Crippen LogP contribution in [0.25, 0.3) is 11.1 Å². The van der Waals surface area contributed by atoms with Crippen molar-refractivity contribution in [2.45, 2.75) is 45.9 Å². The van der Waals surface area contributed by atoms with Crippen LogP contribution < -0.4 is 17.1 Å². The minimum atomic E-state index is -0.878. The number of halogens is 3. The number of benzene rings is 4. The van der Waals surface area contributed by atoms with Gasteiger partial charge in [0.2, 0.25) is 5.88 Å². The van der Waals surface area contributed by atoms with E-state index in [-0.39, 0.29) is 34.3 Å². The molecule has 0 spiro atoms. The molecule has 1 fully saturated rings. The minimum absolute atomic E-state index is 0. The Hall–Kier alpha value is -5.04. The first-order valence-corrected chi connectivity index (χ1v) is 23.9. The van der Waals surface area contributed by atoms with Gasteiger partial charge in [0.25, 0.3) is 17.4 Å². The Morgan fingerprint density at radius 2 is 1.35 bits per heavy atom. The molecule has 0 radical (unpaired) electrons. The Kier molecular flexibility index (Phi) is 14.7. The van der Waals surface area contributed by atoms with E-state index in [0.29, 0.717) is 19.8 Å². The van der Waals surface area contributed by atoms with Gasteiger partial charge < -0.3 is 15.8 Å². The summed E-state index contributed by atoms with van der Waals surface area (Å²) in [5, 5.41) is 27.5. The maximum Gasteiger partial charge on any atom is 0.282 e. The van der Waals surface area contributed by atoms with Crippen LogP contribution >= 0.6 is 85.3 Å². The fraction of sp³-hybridized carbons (Fsp3) is 0.111. The minimum Gasteiger partial charge on any atom is -0.493 e. The molecule has 2 amide bonds. The van der Waals surface area contributed by atoms with Crippen LogP contribution in [0.15, 0.2) is 159 Å². The Morgan fingerprint density at radius 3 is 1.92 bits per heavy atom. The van der Waals surface area contributed by atoms with Crippen molar-refractivity contribution in [3.05, 3.63) is 189 Å². The van der Waals surface area contributed by atoms with E-state index < -0.39 is 17.3 Å². The zero-order valence-electron chi connectivity index (χ0n) is 33.3. The summed E-state index contributed by atoms with van der Waals surface area (Å²) in [4.78, 5) is 40.3. The molecule has 1 aliphatic rings. The van der Waals surface area contributed by atoms with Gasteiger partial charge in [0, 0.05) is 19.8 Å². The first kappa shape index (κ1) is 46.0. The largest absolute Gasteiger partial charge is 0.493 e. The van der Waals surface area contributed by atoms with Crippen LogP contribution in [0.4, 0.5) is 0 Å². The monoisotopic (exact) mass is 1020 g/mol. The summed E-state index contributed by atoms with van der Waals surface area (Å²) < 4.78 is 7.76. The lowest BCUT2D eigenvalue weighted by Crippen LogP contribution is -2.39. The first-order valence-electron chi connectivity index (χ1n) is 18.8. The molecule has 1 saturated heterocycles. The Balaban J connectivity index is 0.000000189. The van der Waals surface area contributed by atoms with E-state index >= 15 is 0 Å². The van der Waals surface area contributed by atoms with E-state index in [2.05, 4.69) is 31.6 Å². The summed E-state index contributed by atoms with van der Waals surface area (Å²) in [6.45, 7) is 3.80. The van der Waals surface area contributed by atoms with Crippen molar-refractivity contribution < 1.29 is 19.2 Å². The molecule has 5 heterocycles. The molecule has 11 nitrogen and oxygen atoms in total. The van der Waals surface area contributed by atoms with Crippen LogP contribution in [-0.4, -0.2) is 42.1 Å². The van der Waals surface area contributed by atoms with Crippen LogP contribution in [0.2, 0.25) is 10.0 Å². The van der Waals surface area contributed by atoms with Crippen molar-refractivity contribution >= 4 is 97.1 Å². The predicted octanol–water partition coefficient (Wildman–Crippen LogP) is 12.1. The standard InChI is InChI=1S/C25H20ClN3O3S2.C20H14BrClN2O2S2.H3N/c1-14-21(15(2)32-28-14)16-7-9-17(10-8-16)22(18-11-12-33-13-18)29-25(31)23(24(30)27-29)34-20-6-4-3-5-19(20)26;21-14-7-5-12(6-8-14)17(13-9-10-27-11-13)24-20(26)18(19(25)23-24)28-16-4-2-1-3-15(16)22;/h3-13,22,31H,1-2H3,(H,27,30);1-11,17-18H,(H,23,25);1H3. The number of aromatic nitrogens is 3. The normalized spacial score (nSPS) is 14.4. The number of hydrogen-bond donors (Lipinski definition) is 4. The molecule has 322 valence electrons. The van der Waals surface area contributed by atoms with E-state index in [1.54, 1.807) is 40.9 Å². The zero-order chi connectivity index (χ0) is 43.5. The molecule has 18 heteroatoms. The highest BCUT2D eigenvalue weighted by atomic mass is 79.9. The predicted molar refractivity (Wildman–Crippen MR) is 257 cm³/mol. The number of aromatic amines is 1. The number of thioether (sulfide) groups is 1. The lowest BCUT2D eigenvalue weighted by molar-refractivity contribution is -0.131. The molecule has 0 saturated carbocycles. The van der Waals surface area contributed by atoms with E-state index in [1.165, 1.54) is 21.5 Å². The summed E-state index contributed by atoms with van der Waals surface area (Å²) in [6, 6.07) is 33.3. The number of nitrogens with zero attached hydrogens (tertiary/aromatic N) is 3. The molecule has 63 heavy (non-hydrogen) atoms. The van der Waals surface area contributed by atoms with Gasteiger partial charge >= 0.3 is 0 Å². The maximum atomic E-state index is 13.2. The third kappa shape index (κ3) is 9.88. The van der Waals surface area contributed by atoms with E-state index in [1.807, 2.05) is 126 Å². The smallest absolute Gasteiger partial charge is 0.282 e. The highest BCUT2D eigenvalue weighted by Crippen LogP contribution is 2.41. The highest BCUT2D eigenvalue weighted by molar-refractivity contribution is 9.10. The summed E-state index contributed by atoms with van der Waals surface area (Å²) >= 11 is 21.3. The number of thiophene rings is 2. The number of carbonyl (C=O) groups excluding carboxylic acids is 2. The molecule has 6 N–H and O–H groups in total. The Bertz CT molecular complexity index is 2890. The summed E-state index contributed by atoms with van der Waals surface area (Å²) in [5.74, 6) is -0.00419. The lowest BCUT2D eigenvalue weighted by Gasteiger charge is -2.27. The van der Waals surface area contributed by atoms with Crippen LogP contribution in [-0.2, 0) is 9.59 Å². The molecular weight excluding hydrogens is 984 g/mol. The molecular formula is C45H37BrCl2N6O5S4. The SMILES string of the molecule is Cc1noc(C)c1-c1ccc(C(c2ccsc2)n2[nH]c(=O)c(Sc3ccccc3Cl)c2O)cc1.N.O=C1NN(C(c2ccc(Br)cc2)c2ccsc2)C(=O)C1Sc1ccccc1Cl. The summed E-state index contributed by atoms with van der Waals surface area (Å²) in [6.07, 6.45) is 0. The van der Waals surface area contributed by atoms with Gasteiger partial charge in [0.05, 0.1) is 15.7 Å². The van der Waals surface area contributed by atoms with Crippen LogP contribution in [0.3, 0.4) is 0 Å². The van der Waals surface area contributed by atoms with Crippen LogP contribution in [0, 0.1) is 13.8 Å². The van der Waals surface area contributed by atoms with Crippen molar-refractivity contribution in [2.75, 3.05) is 0 Å². The fourth-order valence-corrected chi connectivity index (χ4v) is 11.0. The molecule has 9 rings (SSSR count). The average Bonchev–Trinajstić information content (AvgIpc) is 4.13. The van der Waals surface area contributed by atoms with E-state index in [0.717, 1.165) is 61.1 Å². The van der Waals surface area contributed by atoms with Crippen molar-refractivity contribution in [3.8, 4) is 17.0 Å². The summed E-state index contributed by atoms with van der Waals surface area (Å²) in [7, 11) is 0. The van der Waals surface area contributed by atoms with Gasteiger partial charge in [-0.05, 0) is 112 Å². The quantitative estimate of drug-likeness (QED) is 0.0922. The highest BCUT2D eigenvalue weighted by Gasteiger charge is 2.44. The second-order valence-electron chi connectivity index (χ2n) is 13.9. The molecule has 4 aromatic carbocycles. The number of aryl methyl sites for hydroxylation is 2. The topological polar surface area (TPSA) is 168 Å². The molecule has 1 aliphatic heterocycles. The van der Waals surface area contributed by atoms with Crippen LogP contribution in [0.5, 0.6) is 5.88 Å². The van der Waals surface area contributed by atoms with Crippen molar-refractivity contribution in [1.82, 2.24) is 31.5 Å². The van der Waals surface area contributed by atoms with E-state index in [4.69, 9.17) is 27.7 Å². The molecule has 8 aromatic rings. The number of rotatable bonds is 11.